The number of aryl methyl sites for hydroxylation is 2. The van der Waals surface area contributed by atoms with E-state index < -0.39 is 10.0 Å². The molecule has 0 aromatic heterocycles. The van der Waals surface area contributed by atoms with E-state index in [0.717, 1.165) is 31.2 Å². The lowest BCUT2D eigenvalue weighted by atomic mass is 9.81. The zero-order valence-electron chi connectivity index (χ0n) is 17.2. The number of sulfonamides is 1. The van der Waals surface area contributed by atoms with Crippen molar-refractivity contribution >= 4 is 27.5 Å². The minimum absolute atomic E-state index is 0.109. The van der Waals surface area contributed by atoms with Gasteiger partial charge in [-0.25, -0.2) is 8.42 Å². The number of imide groups is 1. The summed E-state index contributed by atoms with van der Waals surface area (Å²) in [6.07, 6.45) is 3.48. The highest BCUT2D eigenvalue weighted by molar-refractivity contribution is 7.92. The lowest BCUT2D eigenvalue weighted by Gasteiger charge is -2.19. The number of carbonyl (C=O) groups excluding carboxylic acids is 2. The molecule has 1 saturated carbocycles. The van der Waals surface area contributed by atoms with Crippen molar-refractivity contribution < 1.29 is 18.0 Å². The fourth-order valence-electron chi connectivity index (χ4n) is 4.49. The Morgan fingerprint density at radius 1 is 0.933 bits per heavy atom. The summed E-state index contributed by atoms with van der Waals surface area (Å²) in [5.41, 5.74) is 2.58. The van der Waals surface area contributed by atoms with Crippen molar-refractivity contribution in [3.63, 3.8) is 0 Å². The summed E-state index contributed by atoms with van der Waals surface area (Å²) >= 11 is 0. The molecule has 0 radical (unpaired) electrons. The number of amides is 2. The van der Waals surface area contributed by atoms with Crippen LogP contribution in [0.1, 0.15) is 42.4 Å². The van der Waals surface area contributed by atoms with Crippen LogP contribution in [0, 0.1) is 25.7 Å². The largest absolute Gasteiger partial charge is 0.279 e. The molecule has 1 N–H and O–H groups in total. The van der Waals surface area contributed by atoms with Crippen LogP contribution in [0.2, 0.25) is 0 Å². The molecule has 158 valence electrons. The Morgan fingerprint density at radius 3 is 2.20 bits per heavy atom. The predicted molar refractivity (Wildman–Crippen MR) is 114 cm³/mol. The maximum atomic E-state index is 13.0. The quantitative estimate of drug-likeness (QED) is 0.738. The molecule has 1 aliphatic carbocycles. The first-order valence-electron chi connectivity index (χ1n) is 10.3. The van der Waals surface area contributed by atoms with E-state index in [4.69, 9.17) is 0 Å². The van der Waals surface area contributed by atoms with Crippen molar-refractivity contribution in [1.82, 2.24) is 4.90 Å². The number of benzene rings is 2. The van der Waals surface area contributed by atoms with Crippen molar-refractivity contribution in [2.24, 2.45) is 11.8 Å². The highest BCUT2D eigenvalue weighted by Gasteiger charge is 2.47. The highest BCUT2D eigenvalue weighted by atomic mass is 32.2. The SMILES string of the molecule is Cc1ccccc1NS(=O)(=O)c1cc(CN2C(=O)C3CCCCC3C2=O)ccc1C. The number of hydrogen-bond donors (Lipinski definition) is 1. The number of rotatable bonds is 5. The number of fused-ring (bicyclic) bond motifs is 1. The summed E-state index contributed by atoms with van der Waals surface area (Å²) in [6.45, 7) is 3.68. The molecule has 2 atom stereocenters. The molecule has 2 fully saturated rings. The Hall–Kier alpha value is -2.67. The number of nitrogens with one attached hydrogen (secondary N) is 1. The van der Waals surface area contributed by atoms with E-state index in [0.29, 0.717) is 16.8 Å². The first-order chi connectivity index (χ1) is 14.3. The second-order valence-corrected chi connectivity index (χ2v) is 9.93. The summed E-state index contributed by atoms with van der Waals surface area (Å²) in [5.74, 6) is -0.648. The van der Waals surface area contributed by atoms with Crippen LogP contribution in [0.4, 0.5) is 5.69 Å². The molecule has 30 heavy (non-hydrogen) atoms. The topological polar surface area (TPSA) is 83.6 Å². The molecule has 2 amide bonds. The molecular weight excluding hydrogens is 400 g/mol. The van der Waals surface area contributed by atoms with Crippen LogP contribution in [0.5, 0.6) is 0 Å². The third kappa shape index (κ3) is 3.74. The van der Waals surface area contributed by atoms with Gasteiger partial charge in [0.1, 0.15) is 0 Å². The van der Waals surface area contributed by atoms with Gasteiger partial charge in [-0.15, -0.1) is 0 Å². The summed E-state index contributed by atoms with van der Waals surface area (Å²) in [5, 5.41) is 0. The molecule has 0 spiro atoms. The van der Waals surface area contributed by atoms with Gasteiger partial charge in [-0.2, -0.15) is 0 Å². The van der Waals surface area contributed by atoms with Crippen molar-refractivity contribution in [3.05, 3.63) is 59.2 Å². The Balaban J connectivity index is 1.60. The predicted octanol–water partition coefficient (Wildman–Crippen LogP) is 3.78. The van der Waals surface area contributed by atoms with Crippen molar-refractivity contribution in [1.29, 1.82) is 0 Å². The van der Waals surface area contributed by atoms with Gasteiger partial charge in [-0.1, -0.05) is 43.2 Å². The van der Waals surface area contributed by atoms with Crippen LogP contribution in [0.15, 0.2) is 47.4 Å². The highest BCUT2D eigenvalue weighted by Crippen LogP contribution is 2.38. The van der Waals surface area contributed by atoms with E-state index in [9.17, 15) is 18.0 Å². The Morgan fingerprint density at radius 2 is 1.57 bits per heavy atom. The van der Waals surface area contributed by atoms with Crippen LogP contribution in [0.3, 0.4) is 0 Å². The molecule has 2 aromatic rings. The lowest BCUT2D eigenvalue weighted by Crippen LogP contribution is -2.30. The van der Waals surface area contributed by atoms with Crippen LogP contribution >= 0.6 is 0 Å². The molecular formula is C23H26N2O4S. The summed E-state index contributed by atoms with van der Waals surface area (Å²) in [4.78, 5) is 27.0. The summed E-state index contributed by atoms with van der Waals surface area (Å²) < 4.78 is 28.7. The van der Waals surface area contributed by atoms with Crippen LogP contribution in [-0.4, -0.2) is 25.1 Å². The maximum Gasteiger partial charge on any atom is 0.262 e. The van der Waals surface area contributed by atoms with Crippen LogP contribution in [-0.2, 0) is 26.2 Å². The molecule has 1 aliphatic heterocycles. The monoisotopic (exact) mass is 426 g/mol. The van der Waals surface area contributed by atoms with Gasteiger partial charge >= 0.3 is 0 Å². The number of para-hydroxylation sites is 1. The van der Waals surface area contributed by atoms with E-state index in [1.807, 2.05) is 19.1 Å². The third-order valence-electron chi connectivity index (χ3n) is 6.20. The Kier molecular flexibility index (Phi) is 5.40. The lowest BCUT2D eigenvalue weighted by molar-refractivity contribution is -0.140. The minimum atomic E-state index is -3.81. The molecule has 2 unspecified atom stereocenters. The van der Waals surface area contributed by atoms with Crippen LogP contribution in [0.25, 0.3) is 0 Å². The minimum Gasteiger partial charge on any atom is -0.279 e. The number of carbonyl (C=O) groups is 2. The average Bonchev–Trinajstić information content (AvgIpc) is 2.96. The first-order valence-corrected chi connectivity index (χ1v) is 11.8. The van der Waals surface area contributed by atoms with Gasteiger partial charge in [0.25, 0.3) is 10.0 Å². The second-order valence-electron chi connectivity index (χ2n) is 8.28. The molecule has 0 bridgehead atoms. The van der Waals surface area contributed by atoms with E-state index in [2.05, 4.69) is 4.72 Å². The smallest absolute Gasteiger partial charge is 0.262 e. The Bertz CT molecular complexity index is 1090. The summed E-state index contributed by atoms with van der Waals surface area (Å²) in [7, 11) is -3.81. The van der Waals surface area contributed by atoms with Gasteiger partial charge < -0.3 is 0 Å². The third-order valence-corrected chi connectivity index (χ3v) is 7.71. The van der Waals surface area contributed by atoms with Gasteiger partial charge in [0.05, 0.1) is 29.0 Å². The normalized spacial score (nSPS) is 21.6. The van der Waals surface area contributed by atoms with Crippen LogP contribution < -0.4 is 4.72 Å². The number of likely N-dealkylation sites (tertiary alicyclic amines) is 1. The van der Waals surface area contributed by atoms with E-state index in [1.165, 1.54) is 4.90 Å². The van der Waals surface area contributed by atoms with Crippen molar-refractivity contribution in [2.75, 3.05) is 4.72 Å². The average molecular weight is 427 g/mol. The fourth-order valence-corrected chi connectivity index (χ4v) is 5.92. The van der Waals surface area contributed by atoms with E-state index in [1.54, 1.807) is 37.3 Å². The zero-order chi connectivity index (χ0) is 21.5. The van der Waals surface area contributed by atoms with Gasteiger partial charge in [0, 0.05) is 0 Å². The second kappa shape index (κ2) is 7.87. The zero-order valence-corrected chi connectivity index (χ0v) is 18.0. The maximum absolute atomic E-state index is 13.0. The molecule has 7 heteroatoms. The first kappa shape index (κ1) is 20.6. The summed E-state index contributed by atoms with van der Waals surface area (Å²) in [6, 6.07) is 12.3. The molecule has 2 aromatic carbocycles. The van der Waals surface area contributed by atoms with E-state index in [-0.39, 0.29) is 35.1 Å². The molecule has 2 aliphatic rings. The molecule has 1 heterocycles. The van der Waals surface area contributed by atoms with E-state index >= 15 is 0 Å². The molecule has 1 saturated heterocycles. The van der Waals surface area contributed by atoms with Crippen molar-refractivity contribution in [3.8, 4) is 0 Å². The van der Waals surface area contributed by atoms with Crippen molar-refractivity contribution in [2.45, 2.75) is 51.0 Å². The van der Waals surface area contributed by atoms with Gasteiger partial charge in [-0.05, 0) is 55.5 Å². The number of nitrogens with zero attached hydrogens (tertiary/aromatic N) is 1. The standard InChI is InChI=1S/C23H26N2O4S/c1-15-7-3-6-10-20(15)24-30(28,29)21-13-17(12-11-16(21)2)14-25-22(26)18-8-4-5-9-19(18)23(25)27/h3,6-7,10-13,18-19,24H,4-5,8-9,14H2,1-2H3. The molecule has 6 nitrogen and oxygen atoms in total. The van der Waals surface area contributed by atoms with Gasteiger partial charge in [-0.3, -0.25) is 19.2 Å². The Labute approximate surface area is 177 Å². The van der Waals surface area contributed by atoms with Gasteiger partial charge in [0.15, 0.2) is 0 Å². The molecule has 4 rings (SSSR count). The number of hydrogen-bond acceptors (Lipinski definition) is 4. The number of anilines is 1. The van der Waals surface area contributed by atoms with Gasteiger partial charge in [0.2, 0.25) is 11.8 Å². The fraction of sp³-hybridized carbons (Fsp3) is 0.391.